The highest BCUT2D eigenvalue weighted by Gasteiger charge is 2.44. The van der Waals surface area contributed by atoms with E-state index < -0.39 is 5.92 Å². The molecule has 80 valence electrons. The number of phenols is 1. The van der Waals surface area contributed by atoms with E-state index in [1.54, 1.807) is 18.2 Å². The zero-order chi connectivity index (χ0) is 11.3. The molecule has 3 heteroatoms. The molecule has 2 aromatic carbocycles. The lowest BCUT2D eigenvalue weighted by Gasteiger charge is -2.11. The van der Waals surface area contributed by atoms with E-state index in [1.165, 1.54) is 18.2 Å². The van der Waals surface area contributed by atoms with Gasteiger partial charge in [0.1, 0.15) is 5.75 Å². The lowest BCUT2D eigenvalue weighted by atomic mass is 10.1. The monoisotopic (exact) mass is 218 g/mol. The maximum Gasteiger partial charge on any atom is 0.299 e. The maximum atomic E-state index is 14.0. The lowest BCUT2D eigenvalue weighted by molar-refractivity contribution is 0.0478. The molecule has 0 aliphatic heterocycles. The van der Waals surface area contributed by atoms with Crippen LogP contribution in [0.15, 0.2) is 42.5 Å². The molecule has 3 rings (SSSR count). The van der Waals surface area contributed by atoms with Gasteiger partial charge in [0, 0.05) is 11.1 Å². The topological polar surface area (TPSA) is 20.2 Å². The van der Waals surface area contributed by atoms with Gasteiger partial charge in [0.2, 0.25) is 0 Å². The molecule has 0 saturated carbocycles. The Hall–Kier alpha value is -1.90. The van der Waals surface area contributed by atoms with Gasteiger partial charge in [0.05, 0.1) is 0 Å². The molecule has 0 fully saturated rings. The summed E-state index contributed by atoms with van der Waals surface area (Å²) in [5, 5.41) is 9.27. The first-order chi connectivity index (χ1) is 7.60. The first kappa shape index (κ1) is 9.33. The van der Waals surface area contributed by atoms with Crippen LogP contribution in [0.3, 0.4) is 0 Å². The molecule has 1 aliphatic rings. The third-order valence-electron chi connectivity index (χ3n) is 2.90. The molecule has 1 nitrogen and oxygen atoms in total. The zero-order valence-corrected chi connectivity index (χ0v) is 8.24. The summed E-state index contributed by atoms with van der Waals surface area (Å²) in [6.45, 7) is 0. The Bertz CT molecular complexity index is 576. The highest BCUT2D eigenvalue weighted by atomic mass is 19.3. The standard InChI is InChI=1S/C13H8F2O/c14-13(15)11-4-2-1-3-9(11)10-6-5-8(16)7-12(10)13/h1-7,16H. The molecule has 16 heavy (non-hydrogen) atoms. The molecule has 1 aliphatic carbocycles. The Morgan fingerprint density at radius 2 is 1.56 bits per heavy atom. The second kappa shape index (κ2) is 2.82. The van der Waals surface area contributed by atoms with Crippen molar-refractivity contribution in [1.82, 2.24) is 0 Å². The highest BCUT2D eigenvalue weighted by molar-refractivity contribution is 5.79. The van der Waals surface area contributed by atoms with Crippen molar-refractivity contribution in [3.63, 3.8) is 0 Å². The molecule has 0 saturated heterocycles. The molecule has 0 unspecified atom stereocenters. The van der Waals surface area contributed by atoms with Gasteiger partial charge in [-0.15, -0.1) is 0 Å². The lowest BCUT2D eigenvalue weighted by Crippen LogP contribution is -2.10. The summed E-state index contributed by atoms with van der Waals surface area (Å²) in [6, 6.07) is 10.5. The van der Waals surface area contributed by atoms with E-state index in [0.717, 1.165) is 6.07 Å². The summed E-state index contributed by atoms with van der Waals surface area (Å²) in [5.74, 6) is -3.14. The molecule has 1 N–H and O–H groups in total. The third kappa shape index (κ3) is 1.03. The summed E-state index contributed by atoms with van der Waals surface area (Å²) < 4.78 is 28.0. The number of aromatic hydroxyl groups is 1. The van der Waals surface area contributed by atoms with Gasteiger partial charge < -0.3 is 5.11 Å². The molecule has 0 spiro atoms. The summed E-state index contributed by atoms with van der Waals surface area (Å²) >= 11 is 0. The SMILES string of the molecule is Oc1ccc2c(c1)C(F)(F)c1ccccc1-2. The molecule has 0 radical (unpaired) electrons. The fourth-order valence-electron chi connectivity index (χ4n) is 2.16. The predicted molar refractivity (Wildman–Crippen MR) is 56.5 cm³/mol. The molecule has 0 atom stereocenters. The Balaban J connectivity index is 2.39. The first-order valence-electron chi connectivity index (χ1n) is 4.92. The van der Waals surface area contributed by atoms with Gasteiger partial charge in [-0.25, -0.2) is 0 Å². The van der Waals surface area contributed by atoms with Gasteiger partial charge in [-0.1, -0.05) is 30.3 Å². The van der Waals surface area contributed by atoms with Crippen LogP contribution in [-0.2, 0) is 5.92 Å². The molecular formula is C13H8F2O. The van der Waals surface area contributed by atoms with Crippen molar-refractivity contribution in [3.05, 3.63) is 53.6 Å². The Morgan fingerprint density at radius 3 is 2.38 bits per heavy atom. The van der Waals surface area contributed by atoms with Crippen LogP contribution in [0.5, 0.6) is 5.75 Å². The van der Waals surface area contributed by atoms with Crippen LogP contribution in [0.4, 0.5) is 8.78 Å². The summed E-state index contributed by atoms with van der Waals surface area (Å²) in [4.78, 5) is 0. The van der Waals surface area contributed by atoms with E-state index in [9.17, 15) is 13.9 Å². The van der Waals surface area contributed by atoms with E-state index in [0.29, 0.717) is 11.1 Å². The van der Waals surface area contributed by atoms with Gasteiger partial charge in [-0.2, -0.15) is 8.78 Å². The number of hydrogen-bond acceptors (Lipinski definition) is 1. The van der Waals surface area contributed by atoms with E-state index in [1.807, 2.05) is 0 Å². The number of phenolic OH excluding ortho intramolecular Hbond substituents is 1. The molecule has 0 amide bonds. The van der Waals surface area contributed by atoms with Crippen molar-refractivity contribution >= 4 is 0 Å². The van der Waals surface area contributed by atoms with Crippen LogP contribution in [0.2, 0.25) is 0 Å². The van der Waals surface area contributed by atoms with E-state index in [-0.39, 0.29) is 16.9 Å². The first-order valence-corrected chi connectivity index (χ1v) is 4.92. The van der Waals surface area contributed by atoms with Gasteiger partial charge >= 0.3 is 0 Å². The van der Waals surface area contributed by atoms with Gasteiger partial charge in [0.25, 0.3) is 5.92 Å². The summed E-state index contributed by atoms with van der Waals surface area (Å²) in [6.07, 6.45) is 0. The Kier molecular flexibility index (Phi) is 1.64. The zero-order valence-electron chi connectivity index (χ0n) is 8.24. The van der Waals surface area contributed by atoms with Crippen molar-refractivity contribution in [2.45, 2.75) is 5.92 Å². The minimum atomic E-state index is -3.01. The van der Waals surface area contributed by atoms with Crippen LogP contribution >= 0.6 is 0 Å². The molecular weight excluding hydrogens is 210 g/mol. The predicted octanol–water partition coefficient (Wildman–Crippen LogP) is 3.51. The van der Waals surface area contributed by atoms with Crippen molar-refractivity contribution in [3.8, 4) is 16.9 Å². The highest BCUT2D eigenvalue weighted by Crippen LogP contribution is 2.51. The quantitative estimate of drug-likeness (QED) is 0.717. The Labute approximate surface area is 91.0 Å². The average Bonchev–Trinajstić information content (AvgIpc) is 2.49. The number of hydrogen-bond donors (Lipinski definition) is 1. The smallest absolute Gasteiger partial charge is 0.299 e. The molecule has 0 aromatic heterocycles. The van der Waals surface area contributed by atoms with Gasteiger partial charge in [-0.05, 0) is 23.3 Å². The molecule has 0 heterocycles. The fraction of sp³-hybridized carbons (Fsp3) is 0.0769. The van der Waals surface area contributed by atoms with Gasteiger partial charge in [-0.3, -0.25) is 0 Å². The van der Waals surface area contributed by atoms with Crippen molar-refractivity contribution in [2.24, 2.45) is 0 Å². The van der Waals surface area contributed by atoms with Crippen LogP contribution in [0.1, 0.15) is 11.1 Å². The van der Waals surface area contributed by atoms with Crippen molar-refractivity contribution in [1.29, 1.82) is 0 Å². The number of fused-ring (bicyclic) bond motifs is 3. The molecule has 2 aromatic rings. The van der Waals surface area contributed by atoms with Crippen LogP contribution in [-0.4, -0.2) is 5.11 Å². The normalized spacial score (nSPS) is 15.6. The van der Waals surface area contributed by atoms with E-state index in [2.05, 4.69) is 0 Å². The second-order valence-corrected chi connectivity index (χ2v) is 3.85. The Morgan fingerprint density at radius 1 is 0.875 bits per heavy atom. The number of rotatable bonds is 0. The number of halogens is 2. The van der Waals surface area contributed by atoms with Crippen LogP contribution in [0, 0.1) is 0 Å². The third-order valence-corrected chi connectivity index (χ3v) is 2.90. The van der Waals surface area contributed by atoms with Crippen LogP contribution in [0.25, 0.3) is 11.1 Å². The summed E-state index contributed by atoms with van der Waals surface area (Å²) in [7, 11) is 0. The molecule has 0 bridgehead atoms. The van der Waals surface area contributed by atoms with E-state index >= 15 is 0 Å². The van der Waals surface area contributed by atoms with Crippen molar-refractivity contribution < 1.29 is 13.9 Å². The fourth-order valence-corrected chi connectivity index (χ4v) is 2.16. The minimum absolute atomic E-state index is 0.00981. The van der Waals surface area contributed by atoms with Gasteiger partial charge in [0.15, 0.2) is 0 Å². The average molecular weight is 218 g/mol. The number of alkyl halides is 2. The van der Waals surface area contributed by atoms with Crippen LogP contribution < -0.4 is 0 Å². The number of benzene rings is 2. The second-order valence-electron chi connectivity index (χ2n) is 3.85. The minimum Gasteiger partial charge on any atom is -0.508 e. The summed E-state index contributed by atoms with van der Waals surface area (Å²) in [5.41, 5.74) is 0.935. The largest absolute Gasteiger partial charge is 0.508 e. The van der Waals surface area contributed by atoms with Crippen molar-refractivity contribution in [2.75, 3.05) is 0 Å². The maximum absolute atomic E-state index is 14.0. The van der Waals surface area contributed by atoms with E-state index in [4.69, 9.17) is 0 Å².